The number of carbonyl (C=O) groups is 2. The Morgan fingerprint density at radius 3 is 2.78 bits per heavy atom. The van der Waals surface area contributed by atoms with Crippen molar-refractivity contribution in [2.24, 2.45) is 4.99 Å². The van der Waals surface area contributed by atoms with Crippen LogP contribution in [-0.2, 0) is 9.59 Å². The highest BCUT2D eigenvalue weighted by molar-refractivity contribution is 8.15. The summed E-state index contributed by atoms with van der Waals surface area (Å²) in [6, 6.07) is 7.63. The number of rotatable bonds is 3. The van der Waals surface area contributed by atoms with Gasteiger partial charge in [-0.3, -0.25) is 9.59 Å². The van der Waals surface area contributed by atoms with Gasteiger partial charge < -0.3 is 10.2 Å². The Balaban J connectivity index is 1.56. The zero-order valence-electron chi connectivity index (χ0n) is 13.2. The molecule has 23 heavy (non-hydrogen) atoms. The van der Waals surface area contributed by atoms with E-state index in [0.717, 1.165) is 42.3 Å². The Labute approximate surface area is 140 Å². The predicted octanol–water partition coefficient (Wildman–Crippen LogP) is 2.81. The summed E-state index contributed by atoms with van der Waals surface area (Å²) in [4.78, 5) is 30.6. The maximum atomic E-state index is 12.2. The van der Waals surface area contributed by atoms with Gasteiger partial charge in [0, 0.05) is 25.2 Å². The molecule has 1 aromatic carbocycles. The number of anilines is 1. The summed E-state index contributed by atoms with van der Waals surface area (Å²) in [5, 5.41) is 3.29. The molecule has 2 amide bonds. The minimum absolute atomic E-state index is 0.139. The molecule has 0 saturated carbocycles. The number of piperidine rings is 1. The molecule has 1 atom stereocenters. The first-order valence-corrected chi connectivity index (χ1v) is 8.91. The van der Waals surface area contributed by atoms with Crippen LogP contribution in [0.25, 0.3) is 0 Å². The smallest absolute Gasteiger partial charge is 0.262 e. The number of carbonyl (C=O) groups excluding carboxylic acids is 2. The number of thioether (sulfide) groups is 1. The minimum atomic E-state index is -0.393. The van der Waals surface area contributed by atoms with Crippen LogP contribution in [0.4, 0.5) is 5.69 Å². The lowest BCUT2D eigenvalue weighted by Gasteiger charge is -2.27. The van der Waals surface area contributed by atoms with Gasteiger partial charge in [0.2, 0.25) is 5.91 Å². The average Bonchev–Trinajstić information content (AvgIpc) is 2.91. The molecule has 5 nitrogen and oxygen atoms in total. The van der Waals surface area contributed by atoms with E-state index in [4.69, 9.17) is 0 Å². The van der Waals surface area contributed by atoms with Crippen molar-refractivity contribution in [3.63, 3.8) is 0 Å². The van der Waals surface area contributed by atoms with Crippen LogP contribution >= 0.6 is 11.8 Å². The SMILES string of the molecule is Cc1ccccc1NC(=O)C[C@H]1SC(N2CCCCC2)=NC1=O. The van der Waals surface area contributed by atoms with Crippen LogP contribution in [-0.4, -0.2) is 40.2 Å². The highest BCUT2D eigenvalue weighted by atomic mass is 32.2. The molecular weight excluding hydrogens is 310 g/mol. The molecule has 0 bridgehead atoms. The molecule has 122 valence electrons. The fourth-order valence-electron chi connectivity index (χ4n) is 2.81. The number of benzene rings is 1. The number of amides is 2. The van der Waals surface area contributed by atoms with Gasteiger partial charge in [-0.05, 0) is 37.8 Å². The van der Waals surface area contributed by atoms with Gasteiger partial charge in [-0.25, -0.2) is 0 Å². The first-order valence-electron chi connectivity index (χ1n) is 8.03. The van der Waals surface area contributed by atoms with Crippen molar-refractivity contribution >= 4 is 34.4 Å². The maximum absolute atomic E-state index is 12.2. The summed E-state index contributed by atoms with van der Waals surface area (Å²) in [5.41, 5.74) is 1.81. The van der Waals surface area contributed by atoms with E-state index < -0.39 is 5.25 Å². The van der Waals surface area contributed by atoms with Crippen LogP contribution in [0, 0.1) is 6.92 Å². The van der Waals surface area contributed by atoms with Crippen LogP contribution in [0.1, 0.15) is 31.2 Å². The summed E-state index contributed by atoms with van der Waals surface area (Å²) < 4.78 is 0. The third-order valence-electron chi connectivity index (χ3n) is 4.15. The number of likely N-dealkylation sites (tertiary alicyclic amines) is 1. The molecule has 1 aromatic rings. The molecular formula is C17H21N3O2S. The normalized spacial score (nSPS) is 21.3. The van der Waals surface area contributed by atoms with Crippen molar-refractivity contribution in [3.8, 4) is 0 Å². The zero-order chi connectivity index (χ0) is 16.2. The molecule has 6 heteroatoms. The standard InChI is InChI=1S/C17H21N3O2S/c1-12-7-3-4-8-13(12)18-15(21)11-14-16(22)19-17(23-14)20-9-5-2-6-10-20/h3-4,7-8,14H,2,5-6,9-11H2,1H3,(H,18,21)/t14-/m1/s1. The molecule has 2 heterocycles. The molecule has 2 aliphatic heterocycles. The number of para-hydroxylation sites is 1. The molecule has 2 aliphatic rings. The largest absolute Gasteiger partial charge is 0.351 e. The first kappa shape index (κ1) is 16.1. The number of hydrogen-bond acceptors (Lipinski definition) is 4. The third kappa shape index (κ3) is 3.93. The van der Waals surface area contributed by atoms with E-state index in [1.165, 1.54) is 18.2 Å². The van der Waals surface area contributed by atoms with E-state index in [0.29, 0.717) is 0 Å². The van der Waals surface area contributed by atoms with Crippen molar-refractivity contribution in [2.75, 3.05) is 18.4 Å². The Morgan fingerprint density at radius 1 is 1.30 bits per heavy atom. The molecule has 0 unspecified atom stereocenters. The predicted molar refractivity (Wildman–Crippen MR) is 93.7 cm³/mol. The second-order valence-corrected chi connectivity index (χ2v) is 7.12. The van der Waals surface area contributed by atoms with Crippen molar-refractivity contribution in [1.82, 2.24) is 4.90 Å². The number of nitrogens with zero attached hydrogens (tertiary/aromatic N) is 2. The van der Waals surface area contributed by atoms with Gasteiger partial charge in [0.25, 0.3) is 5.91 Å². The third-order valence-corrected chi connectivity index (χ3v) is 5.36. The lowest BCUT2D eigenvalue weighted by atomic mass is 10.1. The quantitative estimate of drug-likeness (QED) is 0.925. The van der Waals surface area contributed by atoms with E-state index in [9.17, 15) is 9.59 Å². The topological polar surface area (TPSA) is 61.8 Å². The Hall–Kier alpha value is -1.82. The zero-order valence-corrected chi connectivity index (χ0v) is 14.1. The van der Waals surface area contributed by atoms with Crippen LogP contribution in [0.3, 0.4) is 0 Å². The molecule has 1 N–H and O–H groups in total. The van der Waals surface area contributed by atoms with Crippen LogP contribution in [0.5, 0.6) is 0 Å². The summed E-state index contributed by atoms with van der Waals surface area (Å²) in [7, 11) is 0. The highest BCUT2D eigenvalue weighted by Gasteiger charge is 2.33. The number of hydrogen-bond donors (Lipinski definition) is 1. The van der Waals surface area contributed by atoms with E-state index in [-0.39, 0.29) is 18.2 Å². The summed E-state index contributed by atoms with van der Waals surface area (Å²) >= 11 is 1.43. The highest BCUT2D eigenvalue weighted by Crippen LogP contribution is 2.29. The fraction of sp³-hybridized carbons (Fsp3) is 0.471. The van der Waals surface area contributed by atoms with Crippen molar-refractivity contribution in [1.29, 1.82) is 0 Å². The molecule has 0 radical (unpaired) electrons. The number of aliphatic imine (C=N–C) groups is 1. The number of aryl methyl sites for hydroxylation is 1. The van der Waals surface area contributed by atoms with E-state index in [1.807, 2.05) is 31.2 Å². The van der Waals surface area contributed by atoms with E-state index in [2.05, 4.69) is 15.2 Å². The maximum Gasteiger partial charge on any atom is 0.262 e. The molecule has 1 saturated heterocycles. The summed E-state index contributed by atoms with van der Waals surface area (Å²) in [6.07, 6.45) is 3.70. The minimum Gasteiger partial charge on any atom is -0.351 e. The van der Waals surface area contributed by atoms with Gasteiger partial charge in [-0.2, -0.15) is 4.99 Å². The molecule has 0 aromatic heterocycles. The molecule has 1 fully saturated rings. The molecule has 0 spiro atoms. The van der Waals surface area contributed by atoms with E-state index >= 15 is 0 Å². The Bertz CT molecular complexity index is 638. The molecule has 0 aliphatic carbocycles. The second kappa shape index (κ2) is 7.17. The second-order valence-electron chi connectivity index (χ2n) is 5.95. The van der Waals surface area contributed by atoms with E-state index in [1.54, 1.807) is 0 Å². The number of nitrogens with one attached hydrogen (secondary N) is 1. The fourth-order valence-corrected chi connectivity index (χ4v) is 3.93. The summed E-state index contributed by atoms with van der Waals surface area (Å²) in [6.45, 7) is 3.87. The lowest BCUT2D eigenvalue weighted by Crippen LogP contribution is -2.33. The first-order chi connectivity index (χ1) is 11.1. The van der Waals surface area contributed by atoms with Gasteiger partial charge in [0.15, 0.2) is 5.17 Å². The average molecular weight is 331 g/mol. The van der Waals surface area contributed by atoms with Crippen molar-refractivity contribution in [3.05, 3.63) is 29.8 Å². The lowest BCUT2D eigenvalue weighted by molar-refractivity contribution is -0.121. The monoisotopic (exact) mass is 331 g/mol. The van der Waals surface area contributed by atoms with Crippen molar-refractivity contribution < 1.29 is 9.59 Å². The van der Waals surface area contributed by atoms with Gasteiger partial charge in [0.05, 0.1) is 0 Å². The van der Waals surface area contributed by atoms with Gasteiger partial charge >= 0.3 is 0 Å². The summed E-state index contributed by atoms with van der Waals surface area (Å²) in [5.74, 6) is -0.323. The Morgan fingerprint density at radius 2 is 2.04 bits per heavy atom. The van der Waals surface area contributed by atoms with Gasteiger partial charge in [-0.15, -0.1) is 0 Å². The van der Waals surface area contributed by atoms with Gasteiger partial charge in [0.1, 0.15) is 5.25 Å². The van der Waals surface area contributed by atoms with Crippen LogP contribution in [0.15, 0.2) is 29.3 Å². The van der Waals surface area contributed by atoms with Crippen LogP contribution < -0.4 is 5.32 Å². The Kier molecular flexibility index (Phi) is 5.00. The molecule has 3 rings (SSSR count). The van der Waals surface area contributed by atoms with Crippen LogP contribution in [0.2, 0.25) is 0 Å². The van der Waals surface area contributed by atoms with Crippen molar-refractivity contribution in [2.45, 2.75) is 37.9 Å². The number of amidine groups is 1. The van der Waals surface area contributed by atoms with Gasteiger partial charge in [-0.1, -0.05) is 30.0 Å².